The van der Waals surface area contributed by atoms with Crippen molar-refractivity contribution < 1.29 is 17.9 Å². The highest BCUT2D eigenvalue weighted by atomic mass is 32.2. The Morgan fingerprint density at radius 1 is 1.29 bits per heavy atom. The highest BCUT2D eigenvalue weighted by molar-refractivity contribution is 7.91. The summed E-state index contributed by atoms with van der Waals surface area (Å²) in [5, 5.41) is 0. The molecule has 1 aliphatic heterocycles. The Labute approximate surface area is 103 Å². The zero-order chi connectivity index (χ0) is 13.1. The van der Waals surface area contributed by atoms with Crippen molar-refractivity contribution in [3.8, 4) is 0 Å². The van der Waals surface area contributed by atoms with Gasteiger partial charge < -0.3 is 9.64 Å². The normalized spacial score (nSPS) is 21.8. The van der Waals surface area contributed by atoms with Crippen LogP contribution in [0.4, 0.5) is 0 Å². The van der Waals surface area contributed by atoms with Crippen LogP contribution in [-0.2, 0) is 19.4 Å². The largest absolute Gasteiger partial charge is 0.469 e. The number of sulfone groups is 1. The molecule has 0 aromatic carbocycles. The third kappa shape index (κ3) is 4.27. The van der Waals surface area contributed by atoms with Gasteiger partial charge in [0.15, 0.2) is 9.84 Å². The third-order valence-electron chi connectivity index (χ3n) is 3.01. The molecular formula is C11H21NO4S. The molecule has 0 unspecified atom stereocenters. The van der Waals surface area contributed by atoms with Crippen LogP contribution in [0.25, 0.3) is 0 Å². The van der Waals surface area contributed by atoms with Crippen molar-refractivity contribution in [1.29, 1.82) is 0 Å². The second-order valence-corrected chi connectivity index (χ2v) is 7.46. The molecule has 100 valence electrons. The highest BCUT2D eigenvalue weighted by Crippen LogP contribution is 2.20. The van der Waals surface area contributed by atoms with Gasteiger partial charge in [0, 0.05) is 13.1 Å². The SMILES string of the molecule is COC(=O)C(C)(C)CN1CCCS(=O)(=O)CC1. The summed E-state index contributed by atoms with van der Waals surface area (Å²) in [4.78, 5) is 13.6. The van der Waals surface area contributed by atoms with Gasteiger partial charge >= 0.3 is 5.97 Å². The standard InChI is InChI=1S/C11H21NO4S/c1-11(2,10(13)16-3)9-12-5-4-7-17(14,15)8-6-12/h4-9H2,1-3H3. The summed E-state index contributed by atoms with van der Waals surface area (Å²) in [7, 11) is -1.52. The number of carbonyl (C=O) groups is 1. The quantitative estimate of drug-likeness (QED) is 0.686. The monoisotopic (exact) mass is 263 g/mol. The van der Waals surface area contributed by atoms with Crippen LogP contribution in [0.15, 0.2) is 0 Å². The molecule has 0 bridgehead atoms. The summed E-state index contributed by atoms with van der Waals surface area (Å²) in [6.45, 7) is 5.40. The summed E-state index contributed by atoms with van der Waals surface area (Å²) in [6, 6.07) is 0. The van der Waals surface area contributed by atoms with E-state index in [1.54, 1.807) is 0 Å². The van der Waals surface area contributed by atoms with E-state index in [4.69, 9.17) is 4.74 Å². The number of methoxy groups -OCH3 is 1. The molecule has 0 aliphatic carbocycles. The summed E-state index contributed by atoms with van der Waals surface area (Å²) >= 11 is 0. The van der Waals surface area contributed by atoms with Gasteiger partial charge in [0.25, 0.3) is 0 Å². The molecule has 5 nitrogen and oxygen atoms in total. The van der Waals surface area contributed by atoms with E-state index in [2.05, 4.69) is 0 Å². The van der Waals surface area contributed by atoms with Gasteiger partial charge in [-0.2, -0.15) is 0 Å². The molecule has 1 aliphatic rings. The molecule has 0 aromatic heterocycles. The second kappa shape index (κ2) is 5.35. The van der Waals surface area contributed by atoms with Gasteiger partial charge in [0.1, 0.15) is 0 Å². The van der Waals surface area contributed by atoms with E-state index in [1.165, 1.54) is 7.11 Å². The maximum absolute atomic E-state index is 11.6. The zero-order valence-electron chi connectivity index (χ0n) is 10.7. The van der Waals surface area contributed by atoms with Crippen LogP contribution >= 0.6 is 0 Å². The predicted molar refractivity (Wildman–Crippen MR) is 65.5 cm³/mol. The fraction of sp³-hybridized carbons (Fsp3) is 0.909. The summed E-state index contributed by atoms with van der Waals surface area (Å²) in [5.41, 5.74) is -0.594. The van der Waals surface area contributed by atoms with Crippen LogP contribution in [0.5, 0.6) is 0 Å². The van der Waals surface area contributed by atoms with E-state index in [-0.39, 0.29) is 17.5 Å². The smallest absolute Gasteiger partial charge is 0.312 e. The lowest BCUT2D eigenvalue weighted by atomic mass is 9.93. The van der Waals surface area contributed by atoms with Crippen LogP contribution in [-0.4, -0.2) is 57.5 Å². The Balaban J connectivity index is 2.61. The molecule has 0 spiro atoms. The second-order valence-electron chi connectivity index (χ2n) is 5.16. The molecule has 1 saturated heterocycles. The maximum atomic E-state index is 11.6. The number of esters is 1. The van der Waals surface area contributed by atoms with E-state index in [0.29, 0.717) is 19.5 Å². The van der Waals surface area contributed by atoms with Crippen molar-refractivity contribution in [3.63, 3.8) is 0 Å². The lowest BCUT2D eigenvalue weighted by Gasteiger charge is -2.29. The molecule has 0 N–H and O–H groups in total. The van der Waals surface area contributed by atoms with Crippen molar-refractivity contribution >= 4 is 15.8 Å². The topological polar surface area (TPSA) is 63.7 Å². The first-order valence-corrected chi connectivity index (χ1v) is 7.60. The van der Waals surface area contributed by atoms with Gasteiger partial charge in [-0.1, -0.05) is 0 Å². The van der Waals surface area contributed by atoms with E-state index < -0.39 is 15.3 Å². The molecule has 0 saturated carbocycles. The number of hydrogen-bond donors (Lipinski definition) is 0. The van der Waals surface area contributed by atoms with Gasteiger partial charge in [-0.25, -0.2) is 8.42 Å². The molecule has 0 atom stereocenters. The third-order valence-corrected chi connectivity index (χ3v) is 4.72. The Kier molecular flexibility index (Phi) is 4.55. The summed E-state index contributed by atoms with van der Waals surface area (Å²) in [5.74, 6) is 0.177. The van der Waals surface area contributed by atoms with Gasteiger partial charge in [0.05, 0.1) is 24.0 Å². The minimum atomic E-state index is -2.89. The number of rotatable bonds is 3. The van der Waals surface area contributed by atoms with Gasteiger partial charge in [-0.15, -0.1) is 0 Å². The highest BCUT2D eigenvalue weighted by Gasteiger charge is 2.32. The Morgan fingerprint density at radius 3 is 2.53 bits per heavy atom. The average molecular weight is 263 g/mol. The van der Waals surface area contributed by atoms with Crippen LogP contribution in [0.1, 0.15) is 20.3 Å². The zero-order valence-corrected chi connectivity index (χ0v) is 11.5. The molecule has 1 rings (SSSR count). The number of carbonyl (C=O) groups excluding carboxylic acids is 1. The first-order valence-electron chi connectivity index (χ1n) is 5.78. The Bertz CT molecular complexity index is 375. The van der Waals surface area contributed by atoms with E-state index in [9.17, 15) is 13.2 Å². The average Bonchev–Trinajstić information content (AvgIpc) is 2.38. The van der Waals surface area contributed by atoms with Crippen LogP contribution in [0.2, 0.25) is 0 Å². The predicted octanol–water partition coefficient (Wildman–Crippen LogP) is 0.306. The van der Waals surface area contributed by atoms with E-state index >= 15 is 0 Å². The van der Waals surface area contributed by atoms with Crippen LogP contribution < -0.4 is 0 Å². The van der Waals surface area contributed by atoms with E-state index in [1.807, 2.05) is 18.7 Å². The first kappa shape index (κ1) is 14.4. The van der Waals surface area contributed by atoms with Crippen LogP contribution in [0.3, 0.4) is 0 Å². The lowest BCUT2D eigenvalue weighted by molar-refractivity contribution is -0.151. The summed E-state index contributed by atoms with van der Waals surface area (Å²) in [6.07, 6.45) is 0.638. The maximum Gasteiger partial charge on any atom is 0.312 e. The fourth-order valence-electron chi connectivity index (χ4n) is 2.05. The molecule has 1 heterocycles. The molecule has 0 aromatic rings. The Hall–Kier alpha value is -0.620. The minimum Gasteiger partial charge on any atom is -0.469 e. The van der Waals surface area contributed by atoms with Gasteiger partial charge in [-0.05, 0) is 26.8 Å². The Morgan fingerprint density at radius 2 is 1.94 bits per heavy atom. The first-order chi connectivity index (χ1) is 7.77. The van der Waals surface area contributed by atoms with Crippen molar-refractivity contribution in [1.82, 2.24) is 4.90 Å². The van der Waals surface area contributed by atoms with Crippen molar-refractivity contribution in [2.75, 3.05) is 38.2 Å². The molecule has 1 fully saturated rings. The molecule has 6 heteroatoms. The van der Waals surface area contributed by atoms with E-state index in [0.717, 1.165) is 6.54 Å². The number of nitrogens with zero attached hydrogens (tertiary/aromatic N) is 1. The van der Waals surface area contributed by atoms with Crippen molar-refractivity contribution in [3.05, 3.63) is 0 Å². The number of ether oxygens (including phenoxy) is 1. The van der Waals surface area contributed by atoms with Crippen molar-refractivity contribution in [2.24, 2.45) is 5.41 Å². The molecular weight excluding hydrogens is 242 g/mol. The minimum absolute atomic E-state index is 0.185. The summed E-state index contributed by atoms with van der Waals surface area (Å²) < 4.78 is 27.7. The molecule has 17 heavy (non-hydrogen) atoms. The van der Waals surface area contributed by atoms with Crippen LogP contribution in [0, 0.1) is 5.41 Å². The van der Waals surface area contributed by atoms with Crippen molar-refractivity contribution in [2.45, 2.75) is 20.3 Å². The van der Waals surface area contributed by atoms with Gasteiger partial charge in [0.2, 0.25) is 0 Å². The number of hydrogen-bond acceptors (Lipinski definition) is 5. The van der Waals surface area contributed by atoms with Gasteiger partial charge in [-0.3, -0.25) is 4.79 Å². The lowest BCUT2D eigenvalue weighted by Crippen LogP contribution is -2.41. The fourth-order valence-corrected chi connectivity index (χ4v) is 3.36. The molecule has 0 radical (unpaired) electrons. The molecule has 0 amide bonds.